The van der Waals surface area contributed by atoms with E-state index in [9.17, 15) is 9.59 Å². The molecule has 0 aromatic heterocycles. The van der Waals surface area contributed by atoms with Crippen molar-refractivity contribution < 1.29 is 9.59 Å². The van der Waals surface area contributed by atoms with Crippen molar-refractivity contribution in [3.8, 4) is 0 Å². The number of amides is 1. The average Bonchev–Trinajstić information content (AvgIpc) is 2.84. The third-order valence-corrected chi connectivity index (χ3v) is 4.75. The van der Waals surface area contributed by atoms with Crippen LogP contribution >= 0.6 is 24.0 Å². The molecule has 2 aromatic carbocycles. The van der Waals surface area contributed by atoms with Crippen molar-refractivity contribution in [2.75, 3.05) is 6.54 Å². The van der Waals surface area contributed by atoms with Gasteiger partial charge in [-0.15, -0.1) is 0 Å². The Morgan fingerprint density at radius 1 is 1.04 bits per heavy atom. The van der Waals surface area contributed by atoms with Crippen LogP contribution < -0.4 is 0 Å². The number of rotatable bonds is 4. The van der Waals surface area contributed by atoms with Crippen molar-refractivity contribution in [1.82, 2.24) is 4.90 Å². The summed E-state index contributed by atoms with van der Waals surface area (Å²) < 4.78 is 0.418. The van der Waals surface area contributed by atoms with Gasteiger partial charge in [-0.25, -0.2) is 0 Å². The van der Waals surface area contributed by atoms with Crippen LogP contribution in [0.3, 0.4) is 0 Å². The van der Waals surface area contributed by atoms with Crippen molar-refractivity contribution in [1.29, 1.82) is 0 Å². The number of hydrogen-bond donors (Lipinski definition) is 0. The molecule has 3 rings (SSSR count). The molecule has 0 radical (unpaired) electrons. The first-order valence-electron chi connectivity index (χ1n) is 7.04. The van der Waals surface area contributed by atoms with E-state index in [-0.39, 0.29) is 18.2 Å². The molecule has 1 amide bonds. The van der Waals surface area contributed by atoms with E-state index in [0.29, 0.717) is 14.8 Å². The zero-order valence-electron chi connectivity index (χ0n) is 12.1. The largest absolute Gasteiger partial charge is 0.292 e. The Labute approximate surface area is 144 Å². The molecule has 1 saturated heterocycles. The monoisotopic (exact) mass is 339 g/mol. The number of nitrogens with zero attached hydrogens (tertiary/aromatic N) is 1. The SMILES string of the molecule is O=C(CN1C(=O)/C(=C\c2ccccc2)SC1=S)c1ccccc1. The van der Waals surface area contributed by atoms with Crippen LogP contribution in [0.5, 0.6) is 0 Å². The highest BCUT2D eigenvalue weighted by Crippen LogP contribution is 2.32. The molecule has 23 heavy (non-hydrogen) atoms. The minimum atomic E-state index is -0.215. The van der Waals surface area contributed by atoms with Crippen LogP contribution in [0, 0.1) is 0 Å². The molecule has 3 nitrogen and oxygen atoms in total. The molecule has 0 N–H and O–H groups in total. The van der Waals surface area contributed by atoms with E-state index < -0.39 is 0 Å². The second-order valence-electron chi connectivity index (χ2n) is 4.97. The number of carbonyl (C=O) groups is 2. The molecule has 0 atom stereocenters. The summed E-state index contributed by atoms with van der Waals surface area (Å²) in [5.41, 5.74) is 1.51. The van der Waals surface area contributed by atoms with Gasteiger partial charge in [0, 0.05) is 5.56 Å². The van der Waals surface area contributed by atoms with Crippen molar-refractivity contribution in [2.45, 2.75) is 0 Å². The molecular formula is C18H13NO2S2. The van der Waals surface area contributed by atoms with Crippen LogP contribution in [0.2, 0.25) is 0 Å². The number of ketones is 1. The molecule has 0 saturated carbocycles. The molecule has 1 fully saturated rings. The van der Waals surface area contributed by atoms with Gasteiger partial charge in [0.05, 0.1) is 11.4 Å². The Bertz CT molecular complexity index is 785. The molecule has 1 heterocycles. The lowest BCUT2D eigenvalue weighted by atomic mass is 10.1. The smallest absolute Gasteiger partial charge is 0.266 e. The van der Waals surface area contributed by atoms with Gasteiger partial charge in [0.1, 0.15) is 4.32 Å². The van der Waals surface area contributed by atoms with Crippen LogP contribution in [0.25, 0.3) is 6.08 Å². The Kier molecular flexibility index (Phi) is 4.69. The van der Waals surface area contributed by atoms with Crippen LogP contribution in [0.1, 0.15) is 15.9 Å². The maximum Gasteiger partial charge on any atom is 0.266 e. The molecule has 0 spiro atoms. The van der Waals surface area contributed by atoms with E-state index in [4.69, 9.17) is 12.2 Å². The highest BCUT2D eigenvalue weighted by molar-refractivity contribution is 8.26. The standard InChI is InChI=1S/C18H13NO2S2/c20-15(14-9-5-2-6-10-14)12-19-17(21)16(23-18(19)22)11-13-7-3-1-4-8-13/h1-11H,12H2/b16-11+. The summed E-state index contributed by atoms with van der Waals surface area (Å²) in [6.07, 6.45) is 1.80. The van der Waals surface area contributed by atoms with Crippen molar-refractivity contribution >= 4 is 46.1 Å². The van der Waals surface area contributed by atoms with Gasteiger partial charge in [0.25, 0.3) is 5.91 Å². The number of benzene rings is 2. The van der Waals surface area contributed by atoms with Gasteiger partial charge in [0.2, 0.25) is 0 Å². The number of Topliss-reactive ketones (excluding diaryl/α,β-unsaturated/α-hetero) is 1. The Hall–Kier alpha value is -2.24. The highest BCUT2D eigenvalue weighted by atomic mass is 32.2. The summed E-state index contributed by atoms with van der Waals surface area (Å²) >= 11 is 6.48. The summed E-state index contributed by atoms with van der Waals surface area (Å²) in [5, 5.41) is 0. The molecule has 5 heteroatoms. The molecular weight excluding hydrogens is 326 g/mol. The van der Waals surface area contributed by atoms with Crippen LogP contribution in [0.15, 0.2) is 65.6 Å². The van der Waals surface area contributed by atoms with E-state index in [0.717, 1.165) is 5.56 Å². The van der Waals surface area contributed by atoms with Crippen LogP contribution in [-0.4, -0.2) is 27.5 Å². The molecule has 0 aliphatic carbocycles. The highest BCUT2D eigenvalue weighted by Gasteiger charge is 2.33. The lowest BCUT2D eigenvalue weighted by molar-refractivity contribution is -0.121. The van der Waals surface area contributed by atoms with E-state index in [1.165, 1.54) is 16.7 Å². The fourth-order valence-corrected chi connectivity index (χ4v) is 3.45. The lowest BCUT2D eigenvalue weighted by Crippen LogP contribution is -2.33. The Balaban J connectivity index is 1.77. The van der Waals surface area contributed by atoms with Gasteiger partial charge in [-0.05, 0) is 11.6 Å². The first-order chi connectivity index (χ1) is 11.1. The molecule has 0 unspecified atom stereocenters. The van der Waals surface area contributed by atoms with Crippen molar-refractivity contribution in [3.05, 3.63) is 76.7 Å². The predicted molar refractivity (Wildman–Crippen MR) is 97.1 cm³/mol. The first kappa shape index (κ1) is 15.6. The first-order valence-corrected chi connectivity index (χ1v) is 8.26. The van der Waals surface area contributed by atoms with Crippen molar-refractivity contribution in [3.63, 3.8) is 0 Å². The molecule has 2 aromatic rings. The predicted octanol–water partition coefficient (Wildman–Crippen LogP) is 3.77. The zero-order chi connectivity index (χ0) is 16.2. The van der Waals surface area contributed by atoms with Crippen LogP contribution in [-0.2, 0) is 4.79 Å². The molecule has 114 valence electrons. The quantitative estimate of drug-likeness (QED) is 0.483. The maximum absolute atomic E-state index is 12.5. The van der Waals surface area contributed by atoms with Gasteiger partial charge in [-0.2, -0.15) is 0 Å². The second-order valence-corrected chi connectivity index (χ2v) is 6.64. The summed E-state index contributed by atoms with van der Waals surface area (Å²) in [6, 6.07) is 18.5. The summed E-state index contributed by atoms with van der Waals surface area (Å²) in [5.74, 6) is -0.337. The minimum Gasteiger partial charge on any atom is -0.292 e. The molecule has 1 aliphatic rings. The molecule has 0 bridgehead atoms. The summed E-state index contributed by atoms with van der Waals surface area (Å²) in [4.78, 5) is 26.7. The zero-order valence-corrected chi connectivity index (χ0v) is 13.8. The lowest BCUT2D eigenvalue weighted by Gasteiger charge is -2.13. The van der Waals surface area contributed by atoms with Gasteiger partial charge in [-0.1, -0.05) is 84.6 Å². The third-order valence-electron chi connectivity index (χ3n) is 3.37. The number of thioether (sulfide) groups is 1. The fourth-order valence-electron chi connectivity index (χ4n) is 2.20. The Morgan fingerprint density at radius 2 is 1.65 bits per heavy atom. The van der Waals surface area contributed by atoms with E-state index >= 15 is 0 Å². The minimum absolute atomic E-state index is 0.0270. The fraction of sp³-hybridized carbons (Fsp3) is 0.0556. The van der Waals surface area contributed by atoms with Gasteiger partial charge >= 0.3 is 0 Å². The van der Waals surface area contributed by atoms with Crippen LogP contribution in [0.4, 0.5) is 0 Å². The van der Waals surface area contributed by atoms with Gasteiger partial charge in [0.15, 0.2) is 5.78 Å². The second kappa shape index (κ2) is 6.89. The Morgan fingerprint density at radius 3 is 2.30 bits per heavy atom. The normalized spacial score (nSPS) is 16.2. The third kappa shape index (κ3) is 3.57. The van der Waals surface area contributed by atoms with E-state index in [1.807, 2.05) is 36.4 Å². The van der Waals surface area contributed by atoms with Gasteiger partial charge < -0.3 is 0 Å². The topological polar surface area (TPSA) is 37.4 Å². The average molecular weight is 339 g/mol. The number of thiocarbonyl (C=S) groups is 1. The number of carbonyl (C=O) groups excluding carboxylic acids is 2. The number of hydrogen-bond acceptors (Lipinski definition) is 4. The maximum atomic E-state index is 12.5. The van der Waals surface area contributed by atoms with Crippen molar-refractivity contribution in [2.24, 2.45) is 0 Å². The van der Waals surface area contributed by atoms with Gasteiger partial charge in [-0.3, -0.25) is 14.5 Å². The molecule has 1 aliphatic heterocycles. The summed E-state index contributed by atoms with van der Waals surface area (Å²) in [6.45, 7) is -0.0270. The van der Waals surface area contributed by atoms with E-state index in [2.05, 4.69) is 0 Å². The summed E-state index contributed by atoms with van der Waals surface area (Å²) in [7, 11) is 0. The van der Waals surface area contributed by atoms with E-state index in [1.54, 1.807) is 30.3 Å².